The fraction of sp³-hybridized carbons (Fsp3) is 0.296. The smallest absolute Gasteiger partial charge is 0.261 e. The van der Waals surface area contributed by atoms with Gasteiger partial charge in [0.2, 0.25) is 11.8 Å². The van der Waals surface area contributed by atoms with Gasteiger partial charge in [0.25, 0.3) is 5.91 Å². The maximum atomic E-state index is 13.7. The quantitative estimate of drug-likeness (QED) is 0.514. The number of rotatable bonds is 7. The van der Waals surface area contributed by atoms with E-state index in [9.17, 15) is 14.4 Å². The molecule has 0 saturated carbocycles. The number of carbonyl (C=O) groups excluding carboxylic acids is 3. The van der Waals surface area contributed by atoms with Crippen molar-refractivity contribution >= 4 is 34.7 Å². The third-order valence-electron chi connectivity index (χ3n) is 5.16. The second kappa shape index (κ2) is 10.7. The van der Waals surface area contributed by atoms with Crippen LogP contribution in [0.2, 0.25) is 0 Å². The second-order valence-electron chi connectivity index (χ2n) is 9.27. The van der Waals surface area contributed by atoms with Crippen molar-refractivity contribution < 1.29 is 14.4 Å². The normalized spacial score (nSPS) is 12.0. The molecule has 1 atom stereocenters. The molecule has 3 aromatic rings. The summed E-state index contributed by atoms with van der Waals surface area (Å²) in [6.45, 7) is 9.31. The van der Waals surface area contributed by atoms with Gasteiger partial charge in [-0.25, -0.2) is 0 Å². The molecule has 0 unspecified atom stereocenters. The number of carbonyl (C=O) groups is 3. The van der Waals surface area contributed by atoms with Crippen molar-refractivity contribution in [1.82, 2.24) is 10.6 Å². The van der Waals surface area contributed by atoms with Crippen molar-refractivity contribution in [2.24, 2.45) is 0 Å². The van der Waals surface area contributed by atoms with E-state index in [0.29, 0.717) is 16.1 Å². The predicted molar refractivity (Wildman–Crippen MR) is 137 cm³/mol. The molecule has 0 bridgehead atoms. The Kier molecular flexibility index (Phi) is 7.89. The first-order valence-electron chi connectivity index (χ1n) is 11.1. The highest BCUT2D eigenvalue weighted by Gasteiger charge is 2.35. The second-order valence-corrected chi connectivity index (χ2v) is 10.2. The summed E-state index contributed by atoms with van der Waals surface area (Å²) in [7, 11) is 0. The zero-order chi connectivity index (χ0) is 24.9. The van der Waals surface area contributed by atoms with Crippen LogP contribution in [0.15, 0.2) is 66.0 Å². The minimum absolute atomic E-state index is 0.240. The van der Waals surface area contributed by atoms with E-state index in [2.05, 4.69) is 10.6 Å². The third kappa shape index (κ3) is 6.32. The Morgan fingerprint density at radius 1 is 0.971 bits per heavy atom. The summed E-state index contributed by atoms with van der Waals surface area (Å²) in [5.41, 5.74) is 2.64. The van der Waals surface area contributed by atoms with Crippen LogP contribution in [-0.4, -0.2) is 29.8 Å². The van der Waals surface area contributed by atoms with Gasteiger partial charge in [-0.2, -0.15) is 0 Å². The zero-order valence-electron chi connectivity index (χ0n) is 20.2. The minimum Gasteiger partial charge on any atom is -0.349 e. The Morgan fingerprint density at radius 3 is 2.29 bits per heavy atom. The molecule has 0 aliphatic rings. The van der Waals surface area contributed by atoms with Crippen LogP contribution in [0.25, 0.3) is 0 Å². The van der Waals surface area contributed by atoms with Crippen molar-refractivity contribution in [3.8, 4) is 0 Å². The molecule has 2 N–H and O–H groups in total. The number of thiophene rings is 1. The first-order chi connectivity index (χ1) is 16.1. The molecule has 0 radical (unpaired) electrons. The first-order valence-corrected chi connectivity index (χ1v) is 12.0. The molecule has 34 heavy (non-hydrogen) atoms. The number of nitrogens with zero attached hydrogens (tertiary/aromatic N) is 1. The molecule has 3 amide bonds. The maximum absolute atomic E-state index is 13.7. The topological polar surface area (TPSA) is 78.5 Å². The van der Waals surface area contributed by atoms with Crippen LogP contribution < -0.4 is 15.5 Å². The van der Waals surface area contributed by atoms with E-state index < -0.39 is 11.6 Å². The van der Waals surface area contributed by atoms with Crippen LogP contribution in [-0.2, 0) is 9.59 Å². The summed E-state index contributed by atoms with van der Waals surface area (Å²) >= 11 is 1.31. The Labute approximate surface area is 205 Å². The summed E-state index contributed by atoms with van der Waals surface area (Å²) in [6, 6.07) is 17.6. The molecule has 3 rings (SSSR count). The number of aryl methyl sites for hydroxylation is 2. The van der Waals surface area contributed by atoms with Gasteiger partial charge in [0.05, 0.1) is 11.4 Å². The maximum Gasteiger partial charge on any atom is 0.261 e. The van der Waals surface area contributed by atoms with E-state index in [1.165, 1.54) is 16.2 Å². The van der Waals surface area contributed by atoms with Crippen LogP contribution >= 0.6 is 11.3 Å². The molecule has 0 saturated heterocycles. The molecule has 7 heteroatoms. The number of amides is 3. The fourth-order valence-electron chi connectivity index (χ4n) is 3.62. The van der Waals surface area contributed by atoms with Gasteiger partial charge in [-0.3, -0.25) is 19.3 Å². The summed E-state index contributed by atoms with van der Waals surface area (Å²) < 4.78 is 0. The summed E-state index contributed by atoms with van der Waals surface area (Å²) in [6.07, 6.45) is 0. The largest absolute Gasteiger partial charge is 0.349 e. The Hall–Kier alpha value is -3.45. The lowest BCUT2D eigenvalue weighted by molar-refractivity contribution is -0.127. The Bertz CT molecular complexity index is 1150. The van der Waals surface area contributed by atoms with Gasteiger partial charge in [-0.15, -0.1) is 11.3 Å². The van der Waals surface area contributed by atoms with E-state index in [4.69, 9.17) is 0 Å². The molecule has 0 fully saturated rings. The first kappa shape index (κ1) is 25.2. The van der Waals surface area contributed by atoms with Gasteiger partial charge < -0.3 is 10.6 Å². The summed E-state index contributed by atoms with van der Waals surface area (Å²) in [5.74, 6) is -0.992. The van der Waals surface area contributed by atoms with Crippen LogP contribution in [0.5, 0.6) is 0 Å². The lowest BCUT2D eigenvalue weighted by Gasteiger charge is -2.34. The molecule has 0 spiro atoms. The third-order valence-corrected chi connectivity index (χ3v) is 6.03. The number of anilines is 1. The van der Waals surface area contributed by atoms with Gasteiger partial charge >= 0.3 is 0 Å². The van der Waals surface area contributed by atoms with Crippen molar-refractivity contribution in [3.63, 3.8) is 0 Å². The highest BCUT2D eigenvalue weighted by Crippen LogP contribution is 2.31. The summed E-state index contributed by atoms with van der Waals surface area (Å²) in [4.78, 5) is 41.8. The number of hydrogen-bond donors (Lipinski definition) is 2. The molecule has 6 nitrogen and oxygen atoms in total. The van der Waals surface area contributed by atoms with Crippen LogP contribution in [0.4, 0.5) is 5.69 Å². The highest BCUT2D eigenvalue weighted by atomic mass is 32.1. The molecule has 2 aromatic carbocycles. The zero-order valence-corrected chi connectivity index (χ0v) is 21.0. The molecular formula is C27H31N3O3S. The van der Waals surface area contributed by atoms with Crippen LogP contribution in [0.1, 0.15) is 53.2 Å². The molecule has 1 aromatic heterocycles. The van der Waals surface area contributed by atoms with Crippen molar-refractivity contribution in [2.45, 2.75) is 46.2 Å². The van der Waals surface area contributed by atoms with Gasteiger partial charge in [0.1, 0.15) is 6.04 Å². The highest BCUT2D eigenvalue weighted by molar-refractivity contribution is 7.12. The van der Waals surface area contributed by atoms with Crippen molar-refractivity contribution in [3.05, 3.63) is 87.6 Å². The molecule has 1 heterocycles. The molecule has 0 aliphatic carbocycles. The van der Waals surface area contributed by atoms with Crippen LogP contribution in [0.3, 0.4) is 0 Å². The van der Waals surface area contributed by atoms with E-state index in [1.807, 2.05) is 83.1 Å². The number of hydrogen-bond acceptors (Lipinski definition) is 4. The molecule has 0 aliphatic heterocycles. The van der Waals surface area contributed by atoms with E-state index in [1.54, 1.807) is 17.5 Å². The molecular weight excluding hydrogens is 446 g/mol. The average molecular weight is 478 g/mol. The lowest BCUT2D eigenvalue weighted by Crippen LogP contribution is -2.51. The van der Waals surface area contributed by atoms with Crippen LogP contribution in [0, 0.1) is 13.8 Å². The lowest BCUT2D eigenvalue weighted by atomic mass is 9.99. The minimum atomic E-state index is -0.910. The van der Waals surface area contributed by atoms with E-state index in [0.717, 1.165) is 11.1 Å². The Balaban J connectivity index is 2.05. The number of benzene rings is 2. The molecule has 178 valence electrons. The SMILES string of the molecule is Cc1ccc(C)c(N(C(=O)CNC(=O)c2cccs2)[C@@H](C(=O)NC(C)(C)C)c2ccccc2)c1. The van der Waals surface area contributed by atoms with Crippen molar-refractivity contribution in [2.75, 3.05) is 11.4 Å². The standard InChI is InChI=1S/C27H31N3O3S/c1-18-13-14-19(2)21(16-18)30(23(31)17-28-25(32)22-12-9-15-34-22)24(20-10-7-6-8-11-20)26(33)29-27(3,4)5/h6-16,24H,17H2,1-5H3,(H,28,32)(H,29,33)/t24-/m1/s1. The monoisotopic (exact) mass is 477 g/mol. The Morgan fingerprint density at radius 2 is 1.68 bits per heavy atom. The van der Waals surface area contributed by atoms with E-state index in [-0.39, 0.29) is 24.3 Å². The van der Waals surface area contributed by atoms with Gasteiger partial charge in [-0.05, 0) is 68.8 Å². The van der Waals surface area contributed by atoms with E-state index >= 15 is 0 Å². The van der Waals surface area contributed by atoms with Gasteiger partial charge in [0.15, 0.2) is 0 Å². The summed E-state index contributed by atoms with van der Waals surface area (Å²) in [5, 5.41) is 7.54. The fourth-order valence-corrected chi connectivity index (χ4v) is 4.26. The predicted octanol–water partition coefficient (Wildman–Crippen LogP) is 4.78. The average Bonchev–Trinajstić information content (AvgIpc) is 3.32. The van der Waals surface area contributed by atoms with Crippen molar-refractivity contribution in [1.29, 1.82) is 0 Å². The number of nitrogens with one attached hydrogen (secondary N) is 2. The van der Waals surface area contributed by atoms with Gasteiger partial charge in [0, 0.05) is 11.2 Å². The van der Waals surface area contributed by atoms with Gasteiger partial charge in [-0.1, -0.05) is 48.5 Å².